The Labute approximate surface area is 116 Å². The van der Waals surface area contributed by atoms with Gasteiger partial charge in [0.05, 0.1) is 4.90 Å². The van der Waals surface area contributed by atoms with Crippen LogP contribution in [0, 0.1) is 6.92 Å². The van der Waals surface area contributed by atoms with Crippen LogP contribution in [0.4, 0.5) is 0 Å². The standard InChI is InChI=1S/C14H12N2O3S/c1-10-15-14(16-19-10)9-20(17,18)13-7-6-11-4-2-3-5-12(11)8-13/h2-8H,9H2,1H3. The van der Waals surface area contributed by atoms with Crippen molar-refractivity contribution in [3.05, 3.63) is 54.2 Å². The molecule has 20 heavy (non-hydrogen) atoms. The van der Waals surface area contributed by atoms with Crippen molar-refractivity contribution in [1.82, 2.24) is 10.1 Å². The second-order valence-electron chi connectivity index (χ2n) is 4.50. The smallest absolute Gasteiger partial charge is 0.223 e. The molecule has 0 aliphatic heterocycles. The lowest BCUT2D eigenvalue weighted by atomic mass is 10.1. The van der Waals surface area contributed by atoms with Crippen molar-refractivity contribution in [3.63, 3.8) is 0 Å². The molecule has 5 nitrogen and oxygen atoms in total. The van der Waals surface area contributed by atoms with Gasteiger partial charge in [-0.05, 0) is 22.9 Å². The van der Waals surface area contributed by atoms with Crippen molar-refractivity contribution in [1.29, 1.82) is 0 Å². The van der Waals surface area contributed by atoms with Crippen molar-refractivity contribution in [2.45, 2.75) is 17.6 Å². The molecule has 2 aromatic carbocycles. The molecule has 0 radical (unpaired) electrons. The van der Waals surface area contributed by atoms with Gasteiger partial charge in [-0.15, -0.1) is 0 Å². The molecule has 0 N–H and O–H groups in total. The van der Waals surface area contributed by atoms with Gasteiger partial charge in [-0.1, -0.05) is 35.5 Å². The fourth-order valence-corrected chi connectivity index (χ4v) is 3.22. The van der Waals surface area contributed by atoms with E-state index in [1.54, 1.807) is 25.1 Å². The molecule has 0 fully saturated rings. The number of sulfone groups is 1. The maximum Gasteiger partial charge on any atom is 0.223 e. The quantitative estimate of drug-likeness (QED) is 0.740. The summed E-state index contributed by atoms with van der Waals surface area (Å²) in [6.45, 7) is 1.62. The van der Waals surface area contributed by atoms with Crippen LogP contribution in [0.15, 0.2) is 51.9 Å². The van der Waals surface area contributed by atoms with E-state index >= 15 is 0 Å². The summed E-state index contributed by atoms with van der Waals surface area (Å²) in [5.41, 5.74) is 0. The van der Waals surface area contributed by atoms with Gasteiger partial charge in [0.25, 0.3) is 0 Å². The Balaban J connectivity index is 2.00. The zero-order valence-electron chi connectivity index (χ0n) is 10.8. The lowest BCUT2D eigenvalue weighted by Crippen LogP contribution is -2.06. The minimum Gasteiger partial charge on any atom is -0.340 e. The Bertz CT molecular complexity index is 869. The molecule has 0 aliphatic rings. The topological polar surface area (TPSA) is 73.1 Å². The van der Waals surface area contributed by atoms with Crippen LogP contribution in [0.3, 0.4) is 0 Å². The minimum atomic E-state index is -3.48. The van der Waals surface area contributed by atoms with E-state index in [4.69, 9.17) is 4.52 Å². The lowest BCUT2D eigenvalue weighted by molar-refractivity contribution is 0.388. The van der Waals surface area contributed by atoms with E-state index in [1.807, 2.05) is 24.3 Å². The molecule has 3 aromatic rings. The van der Waals surface area contributed by atoms with E-state index in [-0.39, 0.29) is 16.5 Å². The summed E-state index contributed by atoms with van der Waals surface area (Å²) in [5, 5.41) is 5.51. The van der Waals surface area contributed by atoms with Gasteiger partial charge in [-0.2, -0.15) is 4.98 Å². The third kappa shape index (κ3) is 2.42. The minimum absolute atomic E-state index is 0.177. The predicted molar refractivity (Wildman–Crippen MR) is 73.9 cm³/mol. The van der Waals surface area contributed by atoms with Crippen LogP contribution in [0.2, 0.25) is 0 Å². The van der Waals surface area contributed by atoms with E-state index in [9.17, 15) is 8.42 Å². The van der Waals surface area contributed by atoms with E-state index < -0.39 is 9.84 Å². The van der Waals surface area contributed by atoms with Gasteiger partial charge >= 0.3 is 0 Å². The number of fused-ring (bicyclic) bond motifs is 1. The summed E-state index contributed by atoms with van der Waals surface area (Å²) in [6.07, 6.45) is 0. The molecule has 3 rings (SSSR count). The highest BCUT2D eigenvalue weighted by atomic mass is 32.2. The summed E-state index contributed by atoms with van der Waals surface area (Å²) in [5.74, 6) is 0.271. The highest BCUT2D eigenvalue weighted by molar-refractivity contribution is 7.90. The molecular formula is C14H12N2O3S. The monoisotopic (exact) mass is 288 g/mol. The van der Waals surface area contributed by atoms with Crippen LogP contribution in [0.5, 0.6) is 0 Å². The van der Waals surface area contributed by atoms with Gasteiger partial charge in [0.2, 0.25) is 5.89 Å². The number of benzene rings is 2. The number of nitrogens with zero attached hydrogens (tertiary/aromatic N) is 2. The van der Waals surface area contributed by atoms with Crippen LogP contribution in [-0.4, -0.2) is 18.6 Å². The Morgan fingerprint density at radius 1 is 1.10 bits per heavy atom. The maximum atomic E-state index is 12.3. The first-order valence-corrected chi connectivity index (χ1v) is 7.70. The summed E-state index contributed by atoms with van der Waals surface area (Å²) in [4.78, 5) is 4.19. The molecule has 0 bridgehead atoms. The number of hydrogen-bond acceptors (Lipinski definition) is 5. The molecule has 0 atom stereocenters. The highest BCUT2D eigenvalue weighted by Crippen LogP contribution is 2.21. The summed E-state index contributed by atoms with van der Waals surface area (Å²) >= 11 is 0. The van der Waals surface area contributed by atoms with Gasteiger partial charge in [-0.3, -0.25) is 0 Å². The molecular weight excluding hydrogens is 276 g/mol. The van der Waals surface area contributed by atoms with Crippen molar-refractivity contribution < 1.29 is 12.9 Å². The number of aromatic nitrogens is 2. The molecule has 0 unspecified atom stereocenters. The van der Waals surface area contributed by atoms with Gasteiger partial charge in [0.1, 0.15) is 5.75 Å². The SMILES string of the molecule is Cc1nc(CS(=O)(=O)c2ccc3ccccc3c2)no1. The summed E-state index contributed by atoms with van der Waals surface area (Å²) in [7, 11) is -3.48. The predicted octanol–water partition coefficient (Wildman–Crippen LogP) is 2.51. The molecule has 1 heterocycles. The molecule has 0 amide bonds. The van der Waals surface area contributed by atoms with Crippen molar-refractivity contribution >= 4 is 20.6 Å². The second kappa shape index (κ2) is 4.72. The van der Waals surface area contributed by atoms with Gasteiger partial charge in [-0.25, -0.2) is 8.42 Å². The van der Waals surface area contributed by atoms with Crippen LogP contribution in [0.1, 0.15) is 11.7 Å². The first kappa shape index (κ1) is 12.8. The molecule has 0 aliphatic carbocycles. The van der Waals surface area contributed by atoms with Crippen LogP contribution in [0.25, 0.3) is 10.8 Å². The largest absolute Gasteiger partial charge is 0.340 e. The lowest BCUT2D eigenvalue weighted by Gasteiger charge is -2.04. The van der Waals surface area contributed by atoms with E-state index in [1.165, 1.54) is 0 Å². The van der Waals surface area contributed by atoms with Gasteiger partial charge < -0.3 is 4.52 Å². The Morgan fingerprint density at radius 2 is 1.85 bits per heavy atom. The van der Waals surface area contributed by atoms with Crippen molar-refractivity contribution in [2.24, 2.45) is 0 Å². The van der Waals surface area contributed by atoms with E-state index in [2.05, 4.69) is 10.1 Å². The van der Waals surface area contributed by atoms with Crippen molar-refractivity contribution in [2.75, 3.05) is 0 Å². The zero-order chi connectivity index (χ0) is 14.2. The summed E-state index contributed by atoms with van der Waals surface area (Å²) in [6, 6.07) is 12.7. The average molecular weight is 288 g/mol. The fourth-order valence-electron chi connectivity index (χ4n) is 2.01. The molecule has 6 heteroatoms. The maximum absolute atomic E-state index is 12.3. The van der Waals surface area contributed by atoms with E-state index in [0.717, 1.165) is 10.8 Å². The fraction of sp³-hybridized carbons (Fsp3) is 0.143. The summed E-state index contributed by atoms with van der Waals surface area (Å²) < 4.78 is 29.5. The Kier molecular flexibility index (Phi) is 3.02. The average Bonchev–Trinajstić information content (AvgIpc) is 2.83. The molecule has 0 saturated carbocycles. The Hall–Kier alpha value is -2.21. The Morgan fingerprint density at radius 3 is 2.55 bits per heavy atom. The first-order chi connectivity index (χ1) is 9.54. The number of aryl methyl sites for hydroxylation is 1. The normalized spacial score (nSPS) is 11.8. The molecule has 0 saturated heterocycles. The van der Waals surface area contributed by atoms with Crippen molar-refractivity contribution in [3.8, 4) is 0 Å². The van der Waals surface area contributed by atoms with Crippen LogP contribution < -0.4 is 0 Å². The third-order valence-corrected chi connectivity index (χ3v) is 4.58. The highest BCUT2D eigenvalue weighted by Gasteiger charge is 2.19. The molecule has 1 aromatic heterocycles. The third-order valence-electron chi connectivity index (χ3n) is 2.97. The zero-order valence-corrected chi connectivity index (χ0v) is 11.6. The van der Waals surface area contributed by atoms with Gasteiger partial charge in [0, 0.05) is 6.92 Å². The van der Waals surface area contributed by atoms with Gasteiger partial charge in [0.15, 0.2) is 15.7 Å². The van der Waals surface area contributed by atoms with Crippen LogP contribution in [-0.2, 0) is 15.6 Å². The second-order valence-corrected chi connectivity index (χ2v) is 6.49. The number of hydrogen-bond donors (Lipinski definition) is 0. The van der Waals surface area contributed by atoms with Crippen LogP contribution >= 0.6 is 0 Å². The first-order valence-electron chi connectivity index (χ1n) is 6.05. The van der Waals surface area contributed by atoms with E-state index in [0.29, 0.717) is 5.89 Å². The molecule has 0 spiro atoms. The number of rotatable bonds is 3. The molecule has 102 valence electrons.